The third-order valence-electron chi connectivity index (χ3n) is 4.70. The van der Waals surface area contributed by atoms with Crippen LogP contribution in [0.25, 0.3) is 0 Å². The summed E-state index contributed by atoms with van der Waals surface area (Å²) in [5.74, 6) is 1.88. The normalized spacial score (nSPS) is 28.9. The van der Waals surface area contributed by atoms with Crippen LogP contribution >= 0.6 is 0 Å². The average Bonchev–Trinajstić information content (AvgIpc) is 3.09. The number of rotatable bonds is 7. The summed E-state index contributed by atoms with van der Waals surface area (Å²) in [5, 5.41) is 11.6. The van der Waals surface area contributed by atoms with Gasteiger partial charge in [-0.15, -0.1) is 0 Å². The summed E-state index contributed by atoms with van der Waals surface area (Å²) in [5.41, 5.74) is 5.49. The molecule has 0 saturated heterocycles. The monoisotopic (exact) mass is 283 g/mol. The molecule has 3 N–H and O–H groups in total. The number of methoxy groups -OCH3 is 1. The van der Waals surface area contributed by atoms with E-state index in [9.17, 15) is 4.79 Å². The van der Waals surface area contributed by atoms with E-state index in [1.807, 2.05) is 4.90 Å². The summed E-state index contributed by atoms with van der Waals surface area (Å²) in [6.07, 6.45) is 5.13. The van der Waals surface area contributed by atoms with Crippen LogP contribution in [0.15, 0.2) is 5.16 Å². The summed E-state index contributed by atoms with van der Waals surface area (Å²) in [6, 6.07) is 0. The van der Waals surface area contributed by atoms with Crippen molar-refractivity contribution in [1.82, 2.24) is 4.90 Å². The largest absolute Gasteiger partial charge is 0.409 e. The summed E-state index contributed by atoms with van der Waals surface area (Å²) < 4.78 is 5.08. The Kier molecular flexibility index (Phi) is 5.23. The van der Waals surface area contributed by atoms with Crippen molar-refractivity contribution in [2.45, 2.75) is 32.1 Å². The summed E-state index contributed by atoms with van der Waals surface area (Å²) >= 11 is 0. The van der Waals surface area contributed by atoms with E-state index in [-0.39, 0.29) is 17.7 Å². The Morgan fingerprint density at radius 1 is 1.40 bits per heavy atom. The third-order valence-corrected chi connectivity index (χ3v) is 4.70. The fourth-order valence-electron chi connectivity index (χ4n) is 3.61. The van der Waals surface area contributed by atoms with E-state index in [1.54, 1.807) is 7.11 Å². The maximum absolute atomic E-state index is 12.7. The second-order valence-corrected chi connectivity index (χ2v) is 5.94. The summed E-state index contributed by atoms with van der Waals surface area (Å²) in [7, 11) is 1.63. The van der Waals surface area contributed by atoms with Gasteiger partial charge in [-0.1, -0.05) is 11.6 Å². The van der Waals surface area contributed by atoms with E-state index in [4.69, 9.17) is 15.7 Å². The topological polar surface area (TPSA) is 88.2 Å². The number of hydrogen-bond donors (Lipinski definition) is 2. The molecule has 2 fully saturated rings. The molecule has 2 rings (SSSR count). The molecule has 1 amide bonds. The molecule has 2 aliphatic rings. The molecule has 3 atom stereocenters. The molecule has 2 aliphatic carbocycles. The first-order valence-corrected chi connectivity index (χ1v) is 7.39. The van der Waals surface area contributed by atoms with E-state index < -0.39 is 0 Å². The number of ether oxygens (including phenoxy) is 1. The van der Waals surface area contributed by atoms with Crippen LogP contribution in [0.1, 0.15) is 32.1 Å². The Hall–Kier alpha value is -1.30. The van der Waals surface area contributed by atoms with E-state index in [0.29, 0.717) is 32.0 Å². The van der Waals surface area contributed by atoms with Gasteiger partial charge in [0.05, 0.1) is 6.61 Å². The first-order chi connectivity index (χ1) is 9.65. The van der Waals surface area contributed by atoms with Crippen molar-refractivity contribution >= 4 is 11.7 Å². The highest BCUT2D eigenvalue weighted by Crippen LogP contribution is 2.48. The standard InChI is InChI=1S/C14H25N3O3/c1-20-7-6-17(5-4-13(15)16-19)14(18)12-9-10-2-3-11(12)8-10/h10-12,19H,2-9H2,1H3,(H2,15,16). The van der Waals surface area contributed by atoms with Gasteiger partial charge in [-0.2, -0.15) is 0 Å². The van der Waals surface area contributed by atoms with Crippen LogP contribution in [0.5, 0.6) is 0 Å². The van der Waals surface area contributed by atoms with Crippen LogP contribution in [-0.4, -0.2) is 48.7 Å². The molecule has 2 bridgehead atoms. The zero-order chi connectivity index (χ0) is 14.5. The molecule has 0 aromatic rings. The average molecular weight is 283 g/mol. The predicted molar refractivity (Wildman–Crippen MR) is 75.4 cm³/mol. The molecule has 0 radical (unpaired) electrons. The number of fused-ring (bicyclic) bond motifs is 2. The lowest BCUT2D eigenvalue weighted by Gasteiger charge is -2.29. The molecule has 0 aromatic heterocycles. The molecule has 114 valence electrons. The van der Waals surface area contributed by atoms with Gasteiger partial charge in [0.15, 0.2) is 0 Å². The van der Waals surface area contributed by atoms with Gasteiger partial charge in [-0.3, -0.25) is 4.79 Å². The predicted octanol–water partition coefficient (Wildman–Crippen LogP) is 1.03. The van der Waals surface area contributed by atoms with Crippen LogP contribution in [-0.2, 0) is 9.53 Å². The summed E-state index contributed by atoms with van der Waals surface area (Å²) in [4.78, 5) is 14.5. The lowest BCUT2D eigenvalue weighted by atomic mass is 9.87. The fourth-order valence-corrected chi connectivity index (χ4v) is 3.61. The molecule has 2 saturated carbocycles. The fraction of sp³-hybridized carbons (Fsp3) is 0.857. The zero-order valence-corrected chi connectivity index (χ0v) is 12.1. The molecule has 3 unspecified atom stereocenters. The second-order valence-electron chi connectivity index (χ2n) is 5.94. The van der Waals surface area contributed by atoms with Crippen molar-refractivity contribution in [3.8, 4) is 0 Å². The van der Waals surface area contributed by atoms with Crippen molar-refractivity contribution in [3.05, 3.63) is 0 Å². The molecule has 0 heterocycles. The van der Waals surface area contributed by atoms with Gasteiger partial charge < -0.3 is 20.6 Å². The van der Waals surface area contributed by atoms with Crippen LogP contribution in [0.2, 0.25) is 0 Å². The first-order valence-electron chi connectivity index (χ1n) is 7.39. The van der Waals surface area contributed by atoms with E-state index in [2.05, 4.69) is 5.16 Å². The number of amidine groups is 1. The van der Waals surface area contributed by atoms with E-state index >= 15 is 0 Å². The smallest absolute Gasteiger partial charge is 0.226 e. The van der Waals surface area contributed by atoms with Crippen LogP contribution in [0, 0.1) is 17.8 Å². The minimum Gasteiger partial charge on any atom is -0.409 e. The van der Waals surface area contributed by atoms with Gasteiger partial charge in [0.25, 0.3) is 0 Å². The molecule has 6 nitrogen and oxygen atoms in total. The minimum absolute atomic E-state index is 0.160. The van der Waals surface area contributed by atoms with E-state index in [0.717, 1.165) is 12.3 Å². The van der Waals surface area contributed by atoms with Gasteiger partial charge in [-0.25, -0.2) is 0 Å². The zero-order valence-electron chi connectivity index (χ0n) is 12.1. The molecular weight excluding hydrogens is 258 g/mol. The molecule has 20 heavy (non-hydrogen) atoms. The highest BCUT2D eigenvalue weighted by Gasteiger charge is 2.44. The molecular formula is C14H25N3O3. The maximum Gasteiger partial charge on any atom is 0.226 e. The number of oxime groups is 1. The number of nitrogens with two attached hydrogens (primary N) is 1. The third kappa shape index (κ3) is 3.42. The Balaban J connectivity index is 1.92. The van der Waals surface area contributed by atoms with Crippen LogP contribution in [0.3, 0.4) is 0 Å². The number of amides is 1. The molecule has 0 aliphatic heterocycles. The van der Waals surface area contributed by atoms with Gasteiger partial charge in [0, 0.05) is 32.5 Å². The number of hydrogen-bond acceptors (Lipinski definition) is 4. The van der Waals surface area contributed by atoms with Gasteiger partial charge in [0.1, 0.15) is 5.84 Å². The van der Waals surface area contributed by atoms with Gasteiger partial charge >= 0.3 is 0 Å². The van der Waals surface area contributed by atoms with Crippen LogP contribution < -0.4 is 5.73 Å². The maximum atomic E-state index is 12.7. The van der Waals surface area contributed by atoms with E-state index in [1.165, 1.54) is 19.3 Å². The highest BCUT2D eigenvalue weighted by atomic mass is 16.5. The lowest BCUT2D eigenvalue weighted by Crippen LogP contribution is -2.41. The molecule has 0 aromatic carbocycles. The van der Waals surface area contributed by atoms with Crippen LogP contribution in [0.4, 0.5) is 0 Å². The van der Waals surface area contributed by atoms with Crippen molar-refractivity contribution in [2.24, 2.45) is 28.6 Å². The quantitative estimate of drug-likeness (QED) is 0.316. The van der Waals surface area contributed by atoms with Crippen molar-refractivity contribution in [3.63, 3.8) is 0 Å². The highest BCUT2D eigenvalue weighted by molar-refractivity contribution is 5.82. The Bertz CT molecular complexity index is 373. The minimum atomic E-state index is 0.160. The SMILES string of the molecule is COCCN(CCC(N)=NO)C(=O)C1CC2CCC1C2. The van der Waals surface area contributed by atoms with Gasteiger partial charge in [-0.05, 0) is 31.1 Å². The molecule has 6 heteroatoms. The van der Waals surface area contributed by atoms with Crippen molar-refractivity contribution < 1.29 is 14.7 Å². The van der Waals surface area contributed by atoms with Gasteiger partial charge in [0.2, 0.25) is 5.91 Å². The van der Waals surface area contributed by atoms with Crippen molar-refractivity contribution in [1.29, 1.82) is 0 Å². The lowest BCUT2D eigenvalue weighted by molar-refractivity contribution is -0.137. The first kappa shape index (κ1) is 15.1. The Morgan fingerprint density at radius 3 is 2.75 bits per heavy atom. The Labute approximate surface area is 119 Å². The van der Waals surface area contributed by atoms with Crippen molar-refractivity contribution in [2.75, 3.05) is 26.8 Å². The summed E-state index contributed by atoms with van der Waals surface area (Å²) in [6.45, 7) is 1.58. The number of nitrogens with zero attached hydrogens (tertiary/aromatic N) is 2. The number of carbonyl (C=O) groups excluding carboxylic acids is 1. The molecule has 0 spiro atoms. The number of carbonyl (C=O) groups is 1. The Morgan fingerprint density at radius 2 is 2.20 bits per heavy atom. The second kappa shape index (κ2) is 6.92.